The van der Waals surface area contributed by atoms with Crippen LogP contribution in [0.2, 0.25) is 15.1 Å². The Balaban J connectivity index is 2.13. The molecule has 0 aliphatic heterocycles. The molecule has 0 radical (unpaired) electrons. The molecule has 2 rings (SSSR count). The Morgan fingerprint density at radius 1 is 1.14 bits per heavy atom. The van der Waals surface area contributed by atoms with Crippen LogP contribution in [-0.4, -0.2) is 17.2 Å². The zero-order chi connectivity index (χ0) is 15.4. The van der Waals surface area contributed by atoms with E-state index in [9.17, 15) is 9.90 Å². The Morgan fingerprint density at radius 2 is 1.86 bits per heavy atom. The Labute approximate surface area is 135 Å². The molecule has 0 unspecified atom stereocenters. The molecule has 0 aromatic heterocycles. The zero-order valence-electron chi connectivity index (χ0n) is 10.5. The number of hydrogen-bond donors (Lipinski definition) is 2. The molecule has 0 aliphatic carbocycles. The number of nitrogens with zero attached hydrogens (tertiary/aromatic N) is 1. The lowest BCUT2D eigenvalue weighted by molar-refractivity contribution is 0.0955. The highest BCUT2D eigenvalue weighted by atomic mass is 35.5. The number of hydrogen-bond acceptors (Lipinski definition) is 3. The van der Waals surface area contributed by atoms with Crippen LogP contribution in [0, 0.1) is 0 Å². The molecule has 0 spiro atoms. The maximum absolute atomic E-state index is 11.9. The number of halogens is 3. The van der Waals surface area contributed by atoms with E-state index < -0.39 is 5.91 Å². The normalized spacial score (nSPS) is 10.8. The van der Waals surface area contributed by atoms with Gasteiger partial charge in [-0.3, -0.25) is 4.79 Å². The highest BCUT2D eigenvalue weighted by molar-refractivity contribution is 6.36. The third-order valence-electron chi connectivity index (χ3n) is 2.55. The number of carbonyl (C=O) groups excluding carboxylic acids is 1. The lowest BCUT2D eigenvalue weighted by atomic mass is 10.2. The second-order valence-corrected chi connectivity index (χ2v) is 5.26. The van der Waals surface area contributed by atoms with Gasteiger partial charge in [-0.2, -0.15) is 5.10 Å². The molecule has 0 heterocycles. The maximum Gasteiger partial charge on any atom is 0.272 e. The van der Waals surface area contributed by atoms with Crippen LogP contribution in [0.5, 0.6) is 5.75 Å². The smallest absolute Gasteiger partial charge is 0.272 e. The van der Waals surface area contributed by atoms with E-state index in [1.807, 2.05) is 0 Å². The molecule has 108 valence electrons. The first-order valence-corrected chi connectivity index (χ1v) is 6.88. The number of hydrazone groups is 1. The number of benzene rings is 2. The largest absolute Gasteiger partial charge is 0.506 e. The molecule has 2 aromatic carbocycles. The molecule has 0 aliphatic rings. The van der Waals surface area contributed by atoms with Crippen molar-refractivity contribution in [3.8, 4) is 5.75 Å². The van der Waals surface area contributed by atoms with E-state index in [1.165, 1.54) is 18.3 Å². The molecule has 0 atom stereocenters. The quantitative estimate of drug-likeness (QED) is 0.650. The molecule has 0 bridgehead atoms. The number of rotatable bonds is 3. The number of aromatic hydroxyl groups is 1. The number of amides is 1. The molecule has 0 saturated carbocycles. The van der Waals surface area contributed by atoms with E-state index in [-0.39, 0.29) is 16.3 Å². The maximum atomic E-state index is 11.9. The highest BCUT2D eigenvalue weighted by Crippen LogP contribution is 2.29. The summed E-state index contributed by atoms with van der Waals surface area (Å²) < 4.78 is 0. The summed E-state index contributed by atoms with van der Waals surface area (Å²) in [5, 5.41) is 14.2. The first-order valence-electron chi connectivity index (χ1n) is 5.75. The van der Waals surface area contributed by atoms with Gasteiger partial charge in [-0.25, -0.2) is 5.43 Å². The standard InChI is InChI=1S/C14H9Cl3N2O2/c15-9-5-8(13(20)12(17)6-9)7-18-19-14(21)10-3-1-2-4-11(10)16/h1-7,20H,(H,19,21). The van der Waals surface area contributed by atoms with E-state index >= 15 is 0 Å². The van der Waals surface area contributed by atoms with Gasteiger partial charge in [-0.05, 0) is 24.3 Å². The summed E-state index contributed by atoms with van der Waals surface area (Å²) in [4.78, 5) is 11.9. The van der Waals surface area contributed by atoms with Crippen molar-refractivity contribution in [3.63, 3.8) is 0 Å². The molecule has 2 N–H and O–H groups in total. The van der Waals surface area contributed by atoms with E-state index in [1.54, 1.807) is 24.3 Å². The number of nitrogens with one attached hydrogen (secondary N) is 1. The first-order chi connectivity index (χ1) is 9.99. The Kier molecular flexibility index (Phi) is 5.07. The fraction of sp³-hybridized carbons (Fsp3) is 0. The Morgan fingerprint density at radius 3 is 2.57 bits per heavy atom. The first kappa shape index (κ1) is 15.6. The third kappa shape index (κ3) is 3.88. The van der Waals surface area contributed by atoms with Crippen LogP contribution in [0.25, 0.3) is 0 Å². The van der Waals surface area contributed by atoms with Crippen LogP contribution in [-0.2, 0) is 0 Å². The van der Waals surface area contributed by atoms with E-state index in [0.29, 0.717) is 15.6 Å². The van der Waals surface area contributed by atoms with Gasteiger partial charge in [0.2, 0.25) is 0 Å². The van der Waals surface area contributed by atoms with Gasteiger partial charge in [-0.15, -0.1) is 0 Å². The molecular formula is C14H9Cl3N2O2. The van der Waals surface area contributed by atoms with Crippen molar-refractivity contribution in [2.24, 2.45) is 5.10 Å². The van der Waals surface area contributed by atoms with Crippen molar-refractivity contribution in [3.05, 3.63) is 62.6 Å². The van der Waals surface area contributed by atoms with Crippen molar-refractivity contribution in [2.45, 2.75) is 0 Å². The summed E-state index contributed by atoms with van der Waals surface area (Å²) in [6, 6.07) is 9.44. The van der Waals surface area contributed by atoms with E-state index in [2.05, 4.69) is 10.5 Å². The van der Waals surface area contributed by atoms with Crippen molar-refractivity contribution >= 4 is 46.9 Å². The molecule has 2 aromatic rings. The van der Waals surface area contributed by atoms with E-state index in [4.69, 9.17) is 34.8 Å². The summed E-state index contributed by atoms with van der Waals surface area (Å²) in [5.74, 6) is -0.638. The monoisotopic (exact) mass is 342 g/mol. The van der Waals surface area contributed by atoms with Gasteiger partial charge in [0.05, 0.1) is 21.8 Å². The second-order valence-electron chi connectivity index (χ2n) is 4.00. The molecule has 21 heavy (non-hydrogen) atoms. The summed E-state index contributed by atoms with van der Waals surface area (Å²) in [6.45, 7) is 0. The van der Waals surface area contributed by atoms with E-state index in [0.717, 1.165) is 0 Å². The van der Waals surface area contributed by atoms with Crippen LogP contribution in [0.15, 0.2) is 41.5 Å². The molecule has 0 saturated heterocycles. The van der Waals surface area contributed by atoms with Gasteiger partial charge >= 0.3 is 0 Å². The topological polar surface area (TPSA) is 61.7 Å². The van der Waals surface area contributed by atoms with Crippen molar-refractivity contribution in [1.82, 2.24) is 5.43 Å². The summed E-state index contributed by atoms with van der Waals surface area (Å²) in [6.07, 6.45) is 1.24. The molecule has 4 nitrogen and oxygen atoms in total. The van der Waals surface area contributed by atoms with Crippen molar-refractivity contribution in [2.75, 3.05) is 0 Å². The van der Waals surface area contributed by atoms with Crippen molar-refractivity contribution < 1.29 is 9.90 Å². The summed E-state index contributed by atoms with van der Waals surface area (Å²) in [5.41, 5.74) is 2.88. The number of carbonyl (C=O) groups is 1. The fourth-order valence-corrected chi connectivity index (χ4v) is 2.28. The zero-order valence-corrected chi connectivity index (χ0v) is 12.7. The average molecular weight is 344 g/mol. The van der Waals surface area contributed by atoms with Crippen LogP contribution < -0.4 is 5.43 Å². The van der Waals surface area contributed by atoms with Gasteiger partial charge in [0.1, 0.15) is 5.75 Å². The summed E-state index contributed by atoms with van der Waals surface area (Å²) >= 11 is 17.5. The molecule has 0 fully saturated rings. The van der Waals surface area contributed by atoms with Gasteiger partial charge in [-0.1, -0.05) is 46.9 Å². The van der Waals surface area contributed by atoms with Crippen LogP contribution in [0.4, 0.5) is 0 Å². The lowest BCUT2D eigenvalue weighted by Gasteiger charge is -2.03. The Hall–Kier alpha value is -1.75. The van der Waals surface area contributed by atoms with Gasteiger partial charge in [0.15, 0.2) is 0 Å². The predicted octanol–water partition coefficient (Wildman–Crippen LogP) is 4.12. The van der Waals surface area contributed by atoms with Gasteiger partial charge in [0, 0.05) is 10.6 Å². The minimum absolute atomic E-state index is 0.0985. The van der Waals surface area contributed by atoms with Gasteiger partial charge < -0.3 is 5.11 Å². The van der Waals surface area contributed by atoms with Crippen molar-refractivity contribution in [1.29, 1.82) is 0 Å². The van der Waals surface area contributed by atoms with Crippen LogP contribution in [0.1, 0.15) is 15.9 Å². The minimum Gasteiger partial charge on any atom is -0.506 e. The predicted molar refractivity (Wildman–Crippen MR) is 84.6 cm³/mol. The fourth-order valence-electron chi connectivity index (χ4n) is 1.55. The Bertz CT molecular complexity index is 717. The third-order valence-corrected chi connectivity index (χ3v) is 3.38. The van der Waals surface area contributed by atoms with Crippen LogP contribution in [0.3, 0.4) is 0 Å². The molecule has 7 heteroatoms. The SMILES string of the molecule is O=C(NN=Cc1cc(Cl)cc(Cl)c1O)c1ccccc1Cl. The summed E-state index contributed by atoms with van der Waals surface area (Å²) in [7, 11) is 0. The molecular weight excluding hydrogens is 335 g/mol. The molecule has 1 amide bonds. The lowest BCUT2D eigenvalue weighted by Crippen LogP contribution is -2.17. The minimum atomic E-state index is -0.468. The van der Waals surface area contributed by atoms with Crippen LogP contribution >= 0.6 is 34.8 Å². The average Bonchev–Trinajstić information content (AvgIpc) is 2.44. The number of phenolic OH excluding ortho intramolecular Hbond substituents is 1. The van der Waals surface area contributed by atoms with Gasteiger partial charge in [0.25, 0.3) is 5.91 Å². The highest BCUT2D eigenvalue weighted by Gasteiger charge is 2.09. The number of phenols is 1. The second kappa shape index (κ2) is 6.80.